The summed E-state index contributed by atoms with van der Waals surface area (Å²) in [5, 5.41) is 4.26. The van der Waals surface area contributed by atoms with Gasteiger partial charge >= 0.3 is 5.97 Å². The van der Waals surface area contributed by atoms with Crippen LogP contribution in [0.25, 0.3) is 0 Å². The van der Waals surface area contributed by atoms with E-state index in [4.69, 9.17) is 23.7 Å². The molecule has 0 fully saturated rings. The van der Waals surface area contributed by atoms with Gasteiger partial charge in [0.25, 0.3) is 0 Å². The third-order valence-corrected chi connectivity index (χ3v) is 4.73. The number of hydrogen-bond acceptors (Lipinski definition) is 8. The van der Waals surface area contributed by atoms with E-state index in [1.807, 2.05) is 24.3 Å². The Morgan fingerprint density at radius 3 is 2.47 bits per heavy atom. The smallest absolute Gasteiger partial charge is 0.344 e. The minimum atomic E-state index is -0.430. The van der Waals surface area contributed by atoms with Crippen LogP contribution in [-0.4, -0.2) is 46.7 Å². The fourth-order valence-corrected chi connectivity index (χ4v) is 3.32. The molecule has 2 aromatic rings. The molecule has 0 spiro atoms. The second-order valence-electron chi connectivity index (χ2n) is 5.91. The van der Waals surface area contributed by atoms with Gasteiger partial charge in [-0.3, -0.25) is 0 Å². The molecule has 0 radical (unpaired) electrons. The molecule has 2 aromatic carbocycles. The molecule has 162 valence electrons. The summed E-state index contributed by atoms with van der Waals surface area (Å²) in [6.45, 7) is 2.39. The molecule has 0 aliphatic carbocycles. The SMILES string of the molecule is CCOC(=O)COc1c(I)cc(/C=N\NCc2ccc(OC)c(OC)c2)cc1OC. The van der Waals surface area contributed by atoms with Crippen LogP contribution in [0.3, 0.4) is 0 Å². The van der Waals surface area contributed by atoms with Crippen LogP contribution in [0.4, 0.5) is 0 Å². The zero-order chi connectivity index (χ0) is 21.9. The van der Waals surface area contributed by atoms with E-state index in [0.29, 0.717) is 36.1 Å². The van der Waals surface area contributed by atoms with E-state index in [9.17, 15) is 4.79 Å². The maximum absolute atomic E-state index is 11.5. The number of hydrazone groups is 1. The van der Waals surface area contributed by atoms with Gasteiger partial charge in [-0.2, -0.15) is 5.10 Å². The van der Waals surface area contributed by atoms with Gasteiger partial charge in [-0.05, 0) is 64.9 Å². The first-order valence-corrected chi connectivity index (χ1v) is 10.2. The van der Waals surface area contributed by atoms with Crippen LogP contribution >= 0.6 is 22.6 Å². The van der Waals surface area contributed by atoms with Crippen LogP contribution in [0.1, 0.15) is 18.1 Å². The summed E-state index contributed by atoms with van der Waals surface area (Å²) >= 11 is 2.12. The minimum absolute atomic E-state index is 0.180. The average Bonchev–Trinajstić information content (AvgIpc) is 2.75. The predicted octanol–water partition coefficient (Wildman–Crippen LogP) is 3.38. The molecule has 0 amide bonds. The number of nitrogens with one attached hydrogen (secondary N) is 1. The predicted molar refractivity (Wildman–Crippen MR) is 122 cm³/mol. The number of nitrogens with zero attached hydrogens (tertiary/aromatic N) is 1. The molecule has 8 nitrogen and oxygen atoms in total. The third kappa shape index (κ3) is 6.68. The summed E-state index contributed by atoms with van der Waals surface area (Å²) in [7, 11) is 4.74. The highest BCUT2D eigenvalue weighted by Crippen LogP contribution is 2.33. The highest BCUT2D eigenvalue weighted by molar-refractivity contribution is 14.1. The largest absolute Gasteiger partial charge is 0.493 e. The summed E-state index contributed by atoms with van der Waals surface area (Å²) in [5.74, 6) is 1.91. The van der Waals surface area contributed by atoms with Gasteiger partial charge in [0.05, 0.1) is 44.3 Å². The van der Waals surface area contributed by atoms with Gasteiger partial charge < -0.3 is 29.1 Å². The highest BCUT2D eigenvalue weighted by Gasteiger charge is 2.13. The van der Waals surface area contributed by atoms with E-state index < -0.39 is 5.97 Å². The molecular formula is C21H25IN2O6. The van der Waals surface area contributed by atoms with E-state index in [1.54, 1.807) is 40.5 Å². The van der Waals surface area contributed by atoms with Crippen molar-refractivity contribution in [2.24, 2.45) is 5.10 Å². The molecule has 0 aliphatic heterocycles. The maximum atomic E-state index is 11.5. The molecule has 0 saturated heterocycles. The number of rotatable bonds is 11. The molecule has 0 saturated carbocycles. The van der Waals surface area contributed by atoms with E-state index >= 15 is 0 Å². The Kier molecular flexibility index (Phi) is 9.52. The van der Waals surface area contributed by atoms with Crippen molar-refractivity contribution in [2.75, 3.05) is 34.5 Å². The first-order chi connectivity index (χ1) is 14.5. The Balaban J connectivity index is 2.01. The monoisotopic (exact) mass is 528 g/mol. The first-order valence-electron chi connectivity index (χ1n) is 9.15. The van der Waals surface area contributed by atoms with Gasteiger partial charge in [0.2, 0.25) is 0 Å². The minimum Gasteiger partial charge on any atom is -0.493 e. The van der Waals surface area contributed by atoms with Gasteiger partial charge in [-0.1, -0.05) is 6.07 Å². The molecule has 0 unspecified atom stereocenters. The van der Waals surface area contributed by atoms with Crippen LogP contribution in [-0.2, 0) is 16.1 Å². The number of carbonyl (C=O) groups excluding carboxylic acids is 1. The van der Waals surface area contributed by atoms with Crippen LogP contribution in [0.2, 0.25) is 0 Å². The average molecular weight is 528 g/mol. The van der Waals surface area contributed by atoms with Crippen molar-refractivity contribution in [1.82, 2.24) is 5.43 Å². The Hall–Kier alpha value is -2.69. The zero-order valence-corrected chi connectivity index (χ0v) is 19.5. The molecule has 9 heteroatoms. The fraction of sp³-hybridized carbons (Fsp3) is 0.333. The summed E-state index contributed by atoms with van der Waals surface area (Å²) in [4.78, 5) is 11.5. The molecule has 2 rings (SSSR count). The lowest BCUT2D eigenvalue weighted by Gasteiger charge is -2.13. The normalized spacial score (nSPS) is 10.6. The van der Waals surface area contributed by atoms with Gasteiger partial charge in [-0.25, -0.2) is 4.79 Å². The lowest BCUT2D eigenvalue weighted by molar-refractivity contribution is -0.145. The fourth-order valence-electron chi connectivity index (χ4n) is 2.54. The summed E-state index contributed by atoms with van der Waals surface area (Å²) in [6.07, 6.45) is 1.68. The summed E-state index contributed by atoms with van der Waals surface area (Å²) in [6, 6.07) is 9.34. The first kappa shape index (κ1) is 23.6. The van der Waals surface area contributed by atoms with E-state index in [2.05, 4.69) is 33.1 Å². The molecule has 30 heavy (non-hydrogen) atoms. The van der Waals surface area contributed by atoms with Crippen molar-refractivity contribution >= 4 is 34.8 Å². The zero-order valence-electron chi connectivity index (χ0n) is 17.4. The summed E-state index contributed by atoms with van der Waals surface area (Å²) < 4.78 is 27.2. The molecule has 0 aromatic heterocycles. The number of halogens is 1. The van der Waals surface area contributed by atoms with Gasteiger partial charge in [0, 0.05) is 0 Å². The van der Waals surface area contributed by atoms with Crippen LogP contribution in [0, 0.1) is 3.57 Å². The Morgan fingerprint density at radius 2 is 1.80 bits per heavy atom. The number of hydrogen-bond donors (Lipinski definition) is 1. The molecule has 0 aliphatic rings. The molecule has 0 heterocycles. The molecule has 1 N–H and O–H groups in total. The number of esters is 1. The van der Waals surface area contributed by atoms with Crippen molar-refractivity contribution in [1.29, 1.82) is 0 Å². The van der Waals surface area contributed by atoms with Gasteiger partial charge in [-0.15, -0.1) is 0 Å². The standard InChI is InChI=1S/C21H25IN2O6/c1-5-29-20(25)13-30-21-16(22)8-15(10-19(21)28-4)12-24-23-11-14-6-7-17(26-2)18(9-14)27-3/h6-10,12,23H,5,11,13H2,1-4H3/b24-12-. The van der Waals surface area contributed by atoms with Crippen molar-refractivity contribution in [3.63, 3.8) is 0 Å². The Labute approximate surface area is 189 Å². The Morgan fingerprint density at radius 1 is 1.07 bits per heavy atom. The molecular weight excluding hydrogens is 503 g/mol. The molecule has 0 atom stereocenters. The van der Waals surface area contributed by atoms with Crippen LogP contribution in [0.5, 0.6) is 23.0 Å². The number of methoxy groups -OCH3 is 3. The van der Waals surface area contributed by atoms with Crippen LogP contribution < -0.4 is 24.4 Å². The van der Waals surface area contributed by atoms with E-state index in [1.165, 1.54) is 0 Å². The van der Waals surface area contributed by atoms with Gasteiger partial charge in [0.15, 0.2) is 29.6 Å². The molecule has 0 bridgehead atoms. The maximum Gasteiger partial charge on any atom is 0.344 e. The van der Waals surface area contributed by atoms with Gasteiger partial charge in [0.1, 0.15) is 0 Å². The van der Waals surface area contributed by atoms with Crippen molar-refractivity contribution in [3.8, 4) is 23.0 Å². The topological polar surface area (TPSA) is 87.6 Å². The second kappa shape index (κ2) is 12.1. The number of ether oxygens (including phenoxy) is 5. The van der Waals surface area contributed by atoms with Crippen molar-refractivity contribution < 1.29 is 28.5 Å². The number of benzene rings is 2. The lowest BCUT2D eigenvalue weighted by atomic mass is 10.2. The van der Waals surface area contributed by atoms with E-state index in [0.717, 1.165) is 14.7 Å². The van der Waals surface area contributed by atoms with Crippen molar-refractivity contribution in [3.05, 3.63) is 45.0 Å². The van der Waals surface area contributed by atoms with Crippen LogP contribution in [0.15, 0.2) is 35.4 Å². The Bertz CT molecular complexity index is 888. The quantitative estimate of drug-likeness (QED) is 0.207. The second-order valence-corrected chi connectivity index (χ2v) is 7.07. The lowest BCUT2D eigenvalue weighted by Crippen LogP contribution is -2.15. The van der Waals surface area contributed by atoms with Crippen molar-refractivity contribution in [2.45, 2.75) is 13.5 Å². The highest BCUT2D eigenvalue weighted by atomic mass is 127. The third-order valence-electron chi connectivity index (χ3n) is 3.93. The number of carbonyl (C=O) groups is 1. The van der Waals surface area contributed by atoms with E-state index in [-0.39, 0.29) is 6.61 Å². The summed E-state index contributed by atoms with van der Waals surface area (Å²) in [5.41, 5.74) is 4.82.